The smallest absolute Gasteiger partial charge is 0.236 e. The molecule has 1 saturated heterocycles. The summed E-state index contributed by atoms with van der Waals surface area (Å²) in [4.78, 5) is 10.8. The Bertz CT molecular complexity index is 191. The Labute approximate surface area is 60.6 Å². The molecular formula is C8H10O2. The molecule has 0 spiro atoms. The minimum atomic E-state index is -0.203. The molecule has 1 aliphatic heterocycles. The van der Waals surface area contributed by atoms with Crippen molar-refractivity contribution in [3.05, 3.63) is 0 Å². The van der Waals surface area contributed by atoms with E-state index < -0.39 is 0 Å². The lowest BCUT2D eigenvalue weighted by atomic mass is 10.2. The van der Waals surface area contributed by atoms with Gasteiger partial charge in [-0.05, 0) is 5.92 Å². The molecule has 1 aliphatic rings. The van der Waals surface area contributed by atoms with Crippen LogP contribution in [0.2, 0.25) is 0 Å². The first-order chi connectivity index (χ1) is 4.70. The van der Waals surface area contributed by atoms with Gasteiger partial charge >= 0.3 is 0 Å². The van der Waals surface area contributed by atoms with Gasteiger partial charge in [-0.3, -0.25) is 4.79 Å². The Morgan fingerprint density at radius 1 is 1.70 bits per heavy atom. The van der Waals surface area contributed by atoms with Crippen LogP contribution in [-0.4, -0.2) is 18.5 Å². The van der Waals surface area contributed by atoms with Crippen LogP contribution in [0.25, 0.3) is 0 Å². The van der Waals surface area contributed by atoms with Crippen LogP contribution in [0, 0.1) is 17.8 Å². The lowest BCUT2D eigenvalue weighted by Crippen LogP contribution is -2.02. The molecule has 0 bridgehead atoms. The van der Waals surface area contributed by atoms with Crippen molar-refractivity contribution in [2.24, 2.45) is 5.92 Å². The second-order valence-corrected chi connectivity index (χ2v) is 2.61. The summed E-state index contributed by atoms with van der Waals surface area (Å²) in [5.74, 6) is 5.51. The molecule has 0 radical (unpaired) electrons. The highest BCUT2D eigenvalue weighted by Gasteiger charge is 2.29. The maximum Gasteiger partial charge on any atom is 0.236 e. The number of ether oxygens (including phenoxy) is 1. The van der Waals surface area contributed by atoms with E-state index in [9.17, 15) is 4.79 Å². The number of carbonyl (C=O) groups excluding carboxylic acids is 1. The summed E-state index contributed by atoms with van der Waals surface area (Å²) >= 11 is 0. The van der Waals surface area contributed by atoms with Gasteiger partial charge in [-0.2, -0.15) is 0 Å². The Balaban J connectivity index is 2.37. The molecule has 0 saturated carbocycles. The summed E-state index contributed by atoms with van der Waals surface area (Å²) in [6.07, 6.45) is -0.203. The molecule has 10 heavy (non-hydrogen) atoms. The van der Waals surface area contributed by atoms with Crippen molar-refractivity contribution in [2.75, 3.05) is 6.61 Å². The molecule has 1 heterocycles. The Morgan fingerprint density at radius 3 is 2.70 bits per heavy atom. The predicted octanol–water partition coefficient (Wildman–Crippen LogP) is 0.614. The van der Waals surface area contributed by atoms with Crippen LogP contribution >= 0.6 is 0 Å². The van der Waals surface area contributed by atoms with Gasteiger partial charge in [0.05, 0.1) is 6.61 Å². The van der Waals surface area contributed by atoms with Gasteiger partial charge in [0.25, 0.3) is 0 Å². The summed E-state index contributed by atoms with van der Waals surface area (Å²) in [6, 6.07) is 0. The van der Waals surface area contributed by atoms with Crippen LogP contribution < -0.4 is 0 Å². The van der Waals surface area contributed by atoms with Gasteiger partial charge in [-0.25, -0.2) is 0 Å². The van der Waals surface area contributed by atoms with E-state index in [1.165, 1.54) is 0 Å². The maximum absolute atomic E-state index is 10.8. The van der Waals surface area contributed by atoms with Crippen molar-refractivity contribution >= 4 is 5.78 Å². The van der Waals surface area contributed by atoms with Crippen LogP contribution in [0.15, 0.2) is 0 Å². The normalized spacial score (nSPS) is 21.7. The van der Waals surface area contributed by atoms with E-state index in [0.717, 1.165) is 0 Å². The first-order valence-corrected chi connectivity index (χ1v) is 3.37. The number of rotatable bonds is 1. The average molecular weight is 138 g/mol. The van der Waals surface area contributed by atoms with Crippen molar-refractivity contribution in [1.82, 2.24) is 0 Å². The highest BCUT2D eigenvalue weighted by atomic mass is 16.6. The zero-order valence-electron chi connectivity index (χ0n) is 6.18. The Hall–Kier alpha value is -0.810. The molecule has 0 aromatic carbocycles. The van der Waals surface area contributed by atoms with E-state index in [1.807, 2.05) is 13.8 Å². The molecule has 0 aromatic heterocycles. The zero-order chi connectivity index (χ0) is 7.56. The molecule has 0 aromatic rings. The zero-order valence-corrected chi connectivity index (χ0v) is 6.18. The van der Waals surface area contributed by atoms with E-state index >= 15 is 0 Å². The summed E-state index contributed by atoms with van der Waals surface area (Å²) in [6.45, 7) is 4.47. The highest BCUT2D eigenvalue weighted by molar-refractivity contribution is 6.00. The molecule has 1 rings (SSSR count). The summed E-state index contributed by atoms with van der Waals surface area (Å²) < 4.78 is 4.75. The maximum atomic E-state index is 10.8. The number of Topliss-reactive ketones (excluding diaryl/α,β-unsaturated/α-hetero) is 1. The molecule has 0 aliphatic carbocycles. The second-order valence-electron chi connectivity index (χ2n) is 2.61. The molecule has 2 heteroatoms. The van der Waals surface area contributed by atoms with Gasteiger partial charge in [0.1, 0.15) is 0 Å². The largest absolute Gasteiger partial charge is 0.364 e. The highest BCUT2D eigenvalue weighted by Crippen LogP contribution is 2.08. The van der Waals surface area contributed by atoms with Crippen molar-refractivity contribution in [2.45, 2.75) is 20.0 Å². The summed E-state index contributed by atoms with van der Waals surface area (Å²) in [5.41, 5.74) is 0. The van der Waals surface area contributed by atoms with Gasteiger partial charge in [0.2, 0.25) is 5.78 Å². The molecule has 1 atom stereocenters. The van der Waals surface area contributed by atoms with Gasteiger partial charge in [0, 0.05) is 5.92 Å². The number of carbonyl (C=O) groups is 1. The molecule has 54 valence electrons. The average Bonchev–Trinajstić information content (AvgIpc) is 2.63. The fourth-order valence-corrected chi connectivity index (χ4v) is 0.495. The Morgan fingerprint density at radius 2 is 2.30 bits per heavy atom. The van der Waals surface area contributed by atoms with Crippen LogP contribution in [0.5, 0.6) is 0 Å². The monoisotopic (exact) mass is 138 g/mol. The van der Waals surface area contributed by atoms with Crippen LogP contribution in [0.1, 0.15) is 13.8 Å². The van der Waals surface area contributed by atoms with Gasteiger partial charge in [0.15, 0.2) is 6.10 Å². The fourth-order valence-electron chi connectivity index (χ4n) is 0.495. The van der Waals surface area contributed by atoms with E-state index in [1.54, 1.807) is 0 Å². The third kappa shape index (κ3) is 2.20. The van der Waals surface area contributed by atoms with Crippen LogP contribution in [0.3, 0.4) is 0 Å². The van der Waals surface area contributed by atoms with Crippen molar-refractivity contribution < 1.29 is 9.53 Å². The minimum Gasteiger partial charge on any atom is -0.364 e. The third-order valence-electron chi connectivity index (χ3n) is 1.11. The number of epoxide rings is 1. The van der Waals surface area contributed by atoms with Gasteiger partial charge in [-0.1, -0.05) is 19.8 Å². The number of hydrogen-bond donors (Lipinski definition) is 0. The lowest BCUT2D eigenvalue weighted by molar-refractivity contribution is -0.114. The van der Waals surface area contributed by atoms with Gasteiger partial charge in [-0.15, -0.1) is 0 Å². The molecule has 0 N–H and O–H groups in total. The molecule has 2 nitrogen and oxygen atoms in total. The summed E-state index contributed by atoms with van der Waals surface area (Å²) in [7, 11) is 0. The van der Waals surface area contributed by atoms with E-state index in [4.69, 9.17) is 4.74 Å². The van der Waals surface area contributed by atoms with Crippen LogP contribution in [-0.2, 0) is 9.53 Å². The lowest BCUT2D eigenvalue weighted by Gasteiger charge is -1.85. The SMILES string of the molecule is CC(C)C#CC(=O)C1CO1. The molecular weight excluding hydrogens is 128 g/mol. The molecule has 0 amide bonds. The second kappa shape index (κ2) is 2.85. The number of ketones is 1. The van der Waals surface area contributed by atoms with Crippen molar-refractivity contribution in [3.8, 4) is 11.8 Å². The molecule has 1 fully saturated rings. The standard InChI is InChI=1S/C8H10O2/c1-6(2)3-4-7(9)8-5-10-8/h6,8H,5H2,1-2H3. The van der Waals surface area contributed by atoms with Crippen molar-refractivity contribution in [1.29, 1.82) is 0 Å². The quantitative estimate of drug-likeness (QED) is 0.302. The predicted molar refractivity (Wildman–Crippen MR) is 37.4 cm³/mol. The number of hydrogen-bond acceptors (Lipinski definition) is 2. The van der Waals surface area contributed by atoms with E-state index in [2.05, 4.69) is 11.8 Å². The van der Waals surface area contributed by atoms with E-state index in [-0.39, 0.29) is 17.8 Å². The van der Waals surface area contributed by atoms with Crippen LogP contribution in [0.4, 0.5) is 0 Å². The first kappa shape index (κ1) is 7.30. The molecule has 1 unspecified atom stereocenters. The topological polar surface area (TPSA) is 29.6 Å². The minimum absolute atomic E-state index is 0.0753. The Kier molecular flexibility index (Phi) is 2.08. The van der Waals surface area contributed by atoms with Gasteiger partial charge < -0.3 is 4.74 Å². The third-order valence-corrected chi connectivity index (χ3v) is 1.11. The van der Waals surface area contributed by atoms with Crippen molar-refractivity contribution in [3.63, 3.8) is 0 Å². The first-order valence-electron chi connectivity index (χ1n) is 3.37. The van der Waals surface area contributed by atoms with E-state index in [0.29, 0.717) is 6.61 Å². The fraction of sp³-hybridized carbons (Fsp3) is 0.625. The summed E-state index contributed by atoms with van der Waals surface area (Å²) in [5, 5.41) is 0.